The Morgan fingerprint density at radius 1 is 1.28 bits per heavy atom. The number of hydrogen-bond donors (Lipinski definition) is 2. The van der Waals surface area contributed by atoms with Crippen molar-refractivity contribution in [2.24, 2.45) is 22.1 Å². The predicted octanol–water partition coefficient (Wildman–Crippen LogP) is 3.28. The molecule has 0 unspecified atom stereocenters. The Balaban J connectivity index is 0.00000162. The normalized spacial score (nSPS) is 21.3. The minimum atomic E-state index is 0. The smallest absolute Gasteiger partial charge is 0.188 e. The number of rotatable bonds is 8. The Morgan fingerprint density at radius 2 is 2.00 bits per heavy atom. The number of hydrogen-bond acceptors (Lipinski definition) is 1. The quantitative estimate of drug-likeness (QED) is 0.300. The molecule has 2 saturated carbocycles. The summed E-state index contributed by atoms with van der Waals surface area (Å²) in [4.78, 5) is 4.52. The molecule has 0 atom stereocenters. The van der Waals surface area contributed by atoms with Gasteiger partial charge < -0.3 is 11.1 Å². The summed E-state index contributed by atoms with van der Waals surface area (Å²) in [5, 5.41) is 3.23. The van der Waals surface area contributed by atoms with Crippen molar-refractivity contribution in [2.45, 2.75) is 58.3 Å². The maximum atomic E-state index is 5.88. The van der Waals surface area contributed by atoms with E-state index in [1.807, 2.05) is 0 Å². The van der Waals surface area contributed by atoms with Gasteiger partial charge in [0.1, 0.15) is 0 Å². The topological polar surface area (TPSA) is 50.4 Å². The summed E-state index contributed by atoms with van der Waals surface area (Å²) < 4.78 is 0. The molecular weight excluding hydrogens is 337 g/mol. The van der Waals surface area contributed by atoms with Crippen LogP contribution in [0.3, 0.4) is 0 Å². The van der Waals surface area contributed by atoms with Gasteiger partial charge in [0.05, 0.1) is 0 Å². The van der Waals surface area contributed by atoms with E-state index in [2.05, 4.69) is 17.2 Å². The van der Waals surface area contributed by atoms with Gasteiger partial charge in [0, 0.05) is 13.1 Å². The molecule has 4 heteroatoms. The third-order valence-electron chi connectivity index (χ3n) is 4.24. The Hall–Kier alpha value is 0. The van der Waals surface area contributed by atoms with Gasteiger partial charge in [-0.05, 0) is 43.4 Å². The molecular formula is C14H28IN3. The van der Waals surface area contributed by atoms with Gasteiger partial charge in [0.2, 0.25) is 0 Å². The van der Waals surface area contributed by atoms with Crippen molar-refractivity contribution in [1.29, 1.82) is 0 Å². The van der Waals surface area contributed by atoms with Crippen molar-refractivity contribution in [3.63, 3.8) is 0 Å². The largest absolute Gasteiger partial charge is 0.370 e. The van der Waals surface area contributed by atoms with Gasteiger partial charge in [-0.3, -0.25) is 4.99 Å². The number of nitrogens with two attached hydrogens (primary N) is 1. The highest BCUT2D eigenvalue weighted by Crippen LogP contribution is 2.61. The summed E-state index contributed by atoms with van der Waals surface area (Å²) in [6.45, 7) is 4.17. The molecule has 0 bridgehead atoms. The number of nitrogens with one attached hydrogen (secondary N) is 1. The highest BCUT2D eigenvalue weighted by atomic mass is 127. The summed E-state index contributed by atoms with van der Waals surface area (Å²) in [5.41, 5.74) is 6.46. The van der Waals surface area contributed by atoms with Gasteiger partial charge in [-0.25, -0.2) is 0 Å². The van der Waals surface area contributed by atoms with E-state index >= 15 is 0 Å². The van der Waals surface area contributed by atoms with Crippen LogP contribution in [-0.2, 0) is 0 Å². The highest BCUT2D eigenvalue weighted by Gasteiger charge is 2.53. The van der Waals surface area contributed by atoms with Gasteiger partial charge in [-0.2, -0.15) is 0 Å². The van der Waals surface area contributed by atoms with E-state index < -0.39 is 0 Å². The lowest BCUT2D eigenvalue weighted by molar-refractivity contribution is 0.453. The van der Waals surface area contributed by atoms with Crippen molar-refractivity contribution >= 4 is 29.9 Å². The first-order valence-electron chi connectivity index (χ1n) is 7.31. The Labute approximate surface area is 128 Å². The van der Waals surface area contributed by atoms with E-state index in [9.17, 15) is 0 Å². The molecule has 106 valence electrons. The van der Waals surface area contributed by atoms with Crippen molar-refractivity contribution in [3.05, 3.63) is 0 Å². The van der Waals surface area contributed by atoms with Crippen molar-refractivity contribution < 1.29 is 0 Å². The lowest BCUT2D eigenvalue weighted by Gasteiger charge is -2.11. The van der Waals surface area contributed by atoms with Gasteiger partial charge >= 0.3 is 0 Å². The van der Waals surface area contributed by atoms with E-state index in [0.29, 0.717) is 11.4 Å². The molecule has 18 heavy (non-hydrogen) atoms. The number of guanidine groups is 1. The van der Waals surface area contributed by atoms with Gasteiger partial charge in [0.25, 0.3) is 0 Å². The van der Waals surface area contributed by atoms with Crippen LogP contribution in [0.5, 0.6) is 0 Å². The lowest BCUT2D eigenvalue weighted by atomic mass is 10.0. The number of nitrogens with zero attached hydrogens (tertiary/aromatic N) is 1. The standard InChI is InChI=1S/C14H27N3.HI/c1-2-3-4-5-10-16-13(15)17-11-14(8-9-14)12-6-7-12;/h12H,2-11H2,1H3,(H3,15,16,17);1H. The molecule has 3 nitrogen and oxygen atoms in total. The molecule has 2 fully saturated rings. The first kappa shape index (κ1) is 16.1. The summed E-state index contributed by atoms with van der Waals surface area (Å²) in [6.07, 6.45) is 10.7. The number of halogens is 1. The summed E-state index contributed by atoms with van der Waals surface area (Å²) in [5.74, 6) is 1.64. The van der Waals surface area contributed by atoms with Crippen LogP contribution in [0, 0.1) is 11.3 Å². The summed E-state index contributed by atoms with van der Waals surface area (Å²) in [7, 11) is 0. The molecule has 3 N–H and O–H groups in total. The molecule has 0 saturated heterocycles. The van der Waals surface area contributed by atoms with Crippen LogP contribution in [0.2, 0.25) is 0 Å². The second kappa shape index (κ2) is 7.56. The van der Waals surface area contributed by atoms with Crippen LogP contribution >= 0.6 is 24.0 Å². The van der Waals surface area contributed by atoms with Crippen LogP contribution in [0.1, 0.15) is 58.3 Å². The third kappa shape index (κ3) is 4.94. The van der Waals surface area contributed by atoms with Crippen molar-refractivity contribution in [1.82, 2.24) is 5.32 Å². The Kier molecular flexibility index (Phi) is 6.74. The Bertz CT molecular complexity index is 270. The van der Waals surface area contributed by atoms with Crippen molar-refractivity contribution in [3.8, 4) is 0 Å². The Morgan fingerprint density at radius 3 is 2.56 bits per heavy atom. The number of unbranched alkanes of at least 4 members (excludes halogenated alkanes) is 3. The van der Waals surface area contributed by atoms with Crippen LogP contribution in [0.25, 0.3) is 0 Å². The molecule has 0 aromatic heterocycles. The van der Waals surface area contributed by atoms with Crippen LogP contribution in [-0.4, -0.2) is 19.0 Å². The minimum absolute atomic E-state index is 0. The third-order valence-corrected chi connectivity index (χ3v) is 4.24. The van der Waals surface area contributed by atoms with Crippen LogP contribution < -0.4 is 11.1 Å². The lowest BCUT2D eigenvalue weighted by Crippen LogP contribution is -2.33. The monoisotopic (exact) mass is 365 g/mol. The van der Waals surface area contributed by atoms with E-state index in [1.54, 1.807) is 0 Å². The summed E-state index contributed by atoms with van der Waals surface area (Å²) in [6, 6.07) is 0. The first-order valence-corrected chi connectivity index (χ1v) is 7.31. The maximum Gasteiger partial charge on any atom is 0.188 e. The fourth-order valence-electron chi connectivity index (χ4n) is 2.62. The second-order valence-corrected chi connectivity index (χ2v) is 5.83. The molecule has 0 spiro atoms. The molecule has 0 aromatic carbocycles. The fraction of sp³-hybridized carbons (Fsp3) is 0.929. The number of aliphatic imine (C=N–C) groups is 1. The van der Waals surface area contributed by atoms with Gasteiger partial charge in [-0.15, -0.1) is 24.0 Å². The van der Waals surface area contributed by atoms with Crippen molar-refractivity contribution in [2.75, 3.05) is 13.1 Å². The highest BCUT2D eigenvalue weighted by molar-refractivity contribution is 14.0. The molecule has 0 aromatic rings. The van der Waals surface area contributed by atoms with E-state index in [-0.39, 0.29) is 24.0 Å². The average Bonchev–Trinajstić information content (AvgIpc) is 3.16. The van der Waals surface area contributed by atoms with Gasteiger partial charge in [0.15, 0.2) is 5.96 Å². The van der Waals surface area contributed by atoms with E-state index in [0.717, 1.165) is 19.0 Å². The molecule has 0 aliphatic heterocycles. The first-order chi connectivity index (χ1) is 8.27. The second-order valence-electron chi connectivity index (χ2n) is 5.83. The SMILES string of the molecule is CCCCCCNC(N)=NCC1(C2CC2)CC1.I. The summed E-state index contributed by atoms with van der Waals surface area (Å²) >= 11 is 0. The maximum absolute atomic E-state index is 5.88. The molecule has 0 radical (unpaired) electrons. The fourth-order valence-corrected chi connectivity index (χ4v) is 2.62. The van der Waals surface area contributed by atoms with E-state index in [4.69, 9.17) is 5.73 Å². The molecule has 2 aliphatic rings. The molecule has 2 rings (SSSR count). The average molecular weight is 365 g/mol. The zero-order valence-electron chi connectivity index (χ0n) is 11.6. The van der Waals surface area contributed by atoms with Gasteiger partial charge in [-0.1, -0.05) is 26.2 Å². The zero-order valence-corrected chi connectivity index (χ0v) is 13.9. The minimum Gasteiger partial charge on any atom is -0.370 e. The zero-order chi connectivity index (χ0) is 12.1. The van der Waals surface area contributed by atoms with Crippen LogP contribution in [0.4, 0.5) is 0 Å². The molecule has 2 aliphatic carbocycles. The van der Waals surface area contributed by atoms with Crippen LogP contribution in [0.15, 0.2) is 4.99 Å². The van der Waals surface area contributed by atoms with E-state index in [1.165, 1.54) is 51.4 Å². The molecule has 0 amide bonds. The predicted molar refractivity (Wildman–Crippen MR) is 88.4 cm³/mol. The molecule has 0 heterocycles.